The van der Waals surface area contributed by atoms with Crippen molar-refractivity contribution >= 4 is 28.5 Å². The number of alkyl halides is 5. The van der Waals surface area contributed by atoms with Gasteiger partial charge in [-0.05, 0) is 43.0 Å². The Morgan fingerprint density at radius 3 is 2.56 bits per heavy atom. The quantitative estimate of drug-likeness (QED) is 0.392. The van der Waals surface area contributed by atoms with E-state index in [4.69, 9.17) is 0 Å². The van der Waals surface area contributed by atoms with Crippen LogP contribution in [0.5, 0.6) is 0 Å². The fraction of sp³-hybridized carbons (Fsp3) is 0.500. The molecule has 41 heavy (non-hydrogen) atoms. The number of likely N-dealkylation sites (tertiary alicyclic amines) is 1. The van der Waals surface area contributed by atoms with Gasteiger partial charge in [0.05, 0.1) is 17.6 Å². The summed E-state index contributed by atoms with van der Waals surface area (Å²) in [6.07, 6.45) is -6.62. The molecule has 3 aliphatic rings. The summed E-state index contributed by atoms with van der Waals surface area (Å²) in [5, 5.41) is 3.50. The monoisotopic (exact) mass is 597 g/mol. The Bertz CT molecular complexity index is 1510. The molecule has 6 nitrogen and oxygen atoms in total. The maximum atomic E-state index is 14.7. The molecule has 4 heterocycles. The Labute approximate surface area is 236 Å². The summed E-state index contributed by atoms with van der Waals surface area (Å²) >= 11 is 1.25. The van der Waals surface area contributed by atoms with Crippen LogP contribution in [0.25, 0.3) is 22.0 Å². The zero-order valence-corrected chi connectivity index (χ0v) is 23.0. The third-order valence-corrected chi connectivity index (χ3v) is 9.41. The van der Waals surface area contributed by atoms with Crippen molar-refractivity contribution in [2.75, 3.05) is 49.9 Å². The summed E-state index contributed by atoms with van der Waals surface area (Å²) in [5.74, 6) is 0.0674. The second-order valence-electron chi connectivity index (χ2n) is 11.0. The van der Waals surface area contributed by atoms with Gasteiger partial charge in [-0.25, -0.2) is 18.0 Å². The number of nitrogens with zero attached hydrogens (tertiary/aromatic N) is 4. The van der Waals surface area contributed by atoms with E-state index in [1.807, 2.05) is 11.8 Å². The minimum atomic E-state index is -4.72. The Morgan fingerprint density at radius 2 is 1.90 bits per heavy atom. The van der Waals surface area contributed by atoms with Gasteiger partial charge >= 0.3 is 11.9 Å². The number of aromatic nitrogens is 2. The summed E-state index contributed by atoms with van der Waals surface area (Å²) in [7, 11) is 0. The fourth-order valence-electron chi connectivity index (χ4n) is 6.32. The summed E-state index contributed by atoms with van der Waals surface area (Å²) in [5.41, 5.74) is -0.897. The Morgan fingerprint density at radius 1 is 1.17 bits per heavy atom. The third-order valence-electron chi connectivity index (χ3n) is 8.18. The van der Waals surface area contributed by atoms with Gasteiger partial charge < -0.3 is 10.2 Å². The molecule has 2 fully saturated rings. The highest BCUT2D eigenvalue weighted by Gasteiger charge is 2.40. The molecule has 0 aliphatic carbocycles. The number of hydrogen-bond acceptors (Lipinski definition) is 6. The lowest BCUT2D eigenvalue weighted by Crippen LogP contribution is -2.51. The average Bonchev–Trinajstić information content (AvgIpc) is 2.89. The van der Waals surface area contributed by atoms with E-state index >= 15 is 0 Å². The van der Waals surface area contributed by atoms with E-state index in [1.165, 1.54) is 28.5 Å². The van der Waals surface area contributed by atoms with Gasteiger partial charge in [0, 0.05) is 66.4 Å². The molecule has 3 aliphatic heterocycles. The van der Waals surface area contributed by atoms with E-state index in [-0.39, 0.29) is 46.9 Å². The van der Waals surface area contributed by atoms with Crippen molar-refractivity contribution < 1.29 is 26.3 Å². The lowest BCUT2D eigenvalue weighted by Gasteiger charge is -2.42. The minimum absolute atomic E-state index is 0.0844. The minimum Gasteiger partial charge on any atom is -0.351 e. The SMILES string of the molecule is C[C@H]1CNCCN1c1nc(=O)n2c3c(c(-c4ccc(F)cc4)c(C(F)(F)F)cc13)SC[C@@H]2CC1CN(CC(F)F)C1. The first kappa shape index (κ1) is 28.4. The lowest BCUT2D eigenvalue weighted by molar-refractivity contribution is -0.137. The first-order chi connectivity index (χ1) is 19.5. The van der Waals surface area contributed by atoms with E-state index in [0.717, 1.165) is 18.2 Å². The highest BCUT2D eigenvalue weighted by molar-refractivity contribution is 7.99. The number of nitrogens with one attached hydrogen (secondary N) is 1. The summed E-state index contributed by atoms with van der Waals surface area (Å²) in [6, 6.07) is 5.51. The molecule has 6 rings (SSSR count). The molecule has 0 unspecified atom stereocenters. The van der Waals surface area contributed by atoms with Crippen LogP contribution in [0.2, 0.25) is 0 Å². The van der Waals surface area contributed by atoms with Crippen LogP contribution in [0.15, 0.2) is 40.0 Å². The molecular formula is C28H29F6N5OS. The van der Waals surface area contributed by atoms with Crippen molar-refractivity contribution in [3.05, 3.63) is 52.2 Å². The molecule has 13 heteroatoms. The Balaban J connectivity index is 1.55. The van der Waals surface area contributed by atoms with Gasteiger partial charge in [0.2, 0.25) is 0 Å². The topological polar surface area (TPSA) is 53.4 Å². The second kappa shape index (κ2) is 10.8. The van der Waals surface area contributed by atoms with Gasteiger partial charge in [-0.3, -0.25) is 9.47 Å². The van der Waals surface area contributed by atoms with Gasteiger partial charge in [-0.1, -0.05) is 12.1 Å². The number of thioether (sulfide) groups is 1. The number of halogens is 6. The van der Waals surface area contributed by atoms with Gasteiger partial charge in [0.25, 0.3) is 6.43 Å². The van der Waals surface area contributed by atoms with Gasteiger partial charge in [-0.2, -0.15) is 18.2 Å². The smallest absolute Gasteiger partial charge is 0.351 e. The molecule has 0 bridgehead atoms. The highest BCUT2D eigenvalue weighted by atomic mass is 32.2. The van der Waals surface area contributed by atoms with Crippen LogP contribution >= 0.6 is 11.8 Å². The molecular weight excluding hydrogens is 568 g/mol. The molecule has 0 radical (unpaired) electrons. The number of rotatable bonds is 6. The maximum Gasteiger partial charge on any atom is 0.417 e. The predicted molar refractivity (Wildman–Crippen MR) is 146 cm³/mol. The molecule has 0 spiro atoms. The molecule has 1 aromatic heterocycles. The molecule has 2 saturated heterocycles. The molecule has 2 atom stereocenters. The molecule has 2 aromatic carbocycles. The summed E-state index contributed by atoms with van der Waals surface area (Å²) in [4.78, 5) is 22.0. The molecule has 0 amide bonds. The standard InChI is InChI=1S/C28H29F6N5OS/c1-15-10-35-6-7-38(15)26-20-9-21(28(32,33)34)23(17-2-4-18(29)5-3-17)25-24(20)39(27(40)36-26)19(14-41-25)8-16-11-37(12-16)13-22(30)31/h2-5,9,15-16,19,22,35H,6-8,10-14H2,1H3/t15-,19-/m0/s1. The second-order valence-corrected chi connectivity index (χ2v) is 12.1. The van der Waals surface area contributed by atoms with Crippen molar-refractivity contribution in [3.8, 4) is 11.1 Å². The fourth-order valence-corrected chi connectivity index (χ4v) is 7.68. The first-order valence-electron chi connectivity index (χ1n) is 13.6. The van der Waals surface area contributed by atoms with Gasteiger partial charge in [0.15, 0.2) is 0 Å². The van der Waals surface area contributed by atoms with Crippen LogP contribution in [0.4, 0.5) is 32.2 Å². The van der Waals surface area contributed by atoms with Crippen LogP contribution in [0.1, 0.15) is 24.9 Å². The van der Waals surface area contributed by atoms with E-state index in [0.29, 0.717) is 55.3 Å². The average molecular weight is 598 g/mol. The third kappa shape index (κ3) is 5.32. The number of hydrogen-bond donors (Lipinski definition) is 1. The van der Waals surface area contributed by atoms with Crippen molar-refractivity contribution in [3.63, 3.8) is 0 Å². The highest BCUT2D eigenvalue weighted by Crippen LogP contribution is 2.50. The number of benzene rings is 2. The van der Waals surface area contributed by atoms with Crippen molar-refractivity contribution in [2.24, 2.45) is 5.92 Å². The molecule has 1 N–H and O–H groups in total. The van der Waals surface area contributed by atoms with Crippen LogP contribution in [0, 0.1) is 11.7 Å². The van der Waals surface area contributed by atoms with Gasteiger partial charge in [0.1, 0.15) is 11.6 Å². The van der Waals surface area contributed by atoms with E-state index in [9.17, 15) is 31.1 Å². The molecule has 220 valence electrons. The van der Waals surface area contributed by atoms with Crippen LogP contribution < -0.4 is 15.9 Å². The van der Waals surface area contributed by atoms with Crippen LogP contribution in [0.3, 0.4) is 0 Å². The summed E-state index contributed by atoms with van der Waals surface area (Å²) in [6.45, 7) is 4.24. The maximum absolute atomic E-state index is 14.7. The van der Waals surface area contributed by atoms with E-state index in [2.05, 4.69) is 10.3 Å². The van der Waals surface area contributed by atoms with E-state index < -0.39 is 29.7 Å². The first-order valence-corrected chi connectivity index (χ1v) is 14.6. The number of anilines is 1. The van der Waals surface area contributed by atoms with Crippen LogP contribution in [-0.2, 0) is 6.18 Å². The zero-order valence-electron chi connectivity index (χ0n) is 22.2. The van der Waals surface area contributed by atoms with Crippen molar-refractivity contribution in [1.29, 1.82) is 0 Å². The normalized spacial score (nSPS) is 22.0. The number of piperazine rings is 1. The molecule has 3 aromatic rings. The van der Waals surface area contributed by atoms with Gasteiger partial charge in [-0.15, -0.1) is 11.8 Å². The zero-order chi connectivity index (χ0) is 29.1. The van der Waals surface area contributed by atoms with E-state index in [1.54, 1.807) is 4.90 Å². The Hall–Kier alpha value is -2.77. The molecule has 0 saturated carbocycles. The van der Waals surface area contributed by atoms with Crippen molar-refractivity contribution in [1.82, 2.24) is 19.8 Å². The lowest BCUT2D eigenvalue weighted by atomic mass is 9.91. The predicted octanol–water partition coefficient (Wildman–Crippen LogP) is 5.25. The van der Waals surface area contributed by atoms with Crippen LogP contribution in [-0.4, -0.2) is 71.9 Å². The summed E-state index contributed by atoms with van der Waals surface area (Å²) < 4.78 is 84.9. The largest absolute Gasteiger partial charge is 0.417 e. The van der Waals surface area contributed by atoms with Crippen molar-refractivity contribution in [2.45, 2.75) is 42.9 Å². The Kier molecular flexibility index (Phi) is 7.48.